The maximum atomic E-state index is 10.9. The Kier molecular flexibility index (Phi) is 4.64. The molecule has 0 atom stereocenters. The van der Waals surface area contributed by atoms with E-state index in [0.29, 0.717) is 6.54 Å². The lowest BCUT2D eigenvalue weighted by atomic mass is 10.1. The third-order valence-electron chi connectivity index (χ3n) is 2.40. The number of urea groups is 1. The van der Waals surface area contributed by atoms with Gasteiger partial charge < -0.3 is 15.4 Å². The Balaban J connectivity index is 2.51. The molecule has 1 aromatic rings. The average Bonchev–Trinajstić information content (AvgIpc) is 2.31. The van der Waals surface area contributed by atoms with Gasteiger partial charge in [0.15, 0.2) is 0 Å². The Labute approximate surface area is 96.0 Å². The molecule has 0 aliphatic carbocycles. The van der Waals surface area contributed by atoms with Crippen molar-refractivity contribution in [3.8, 4) is 5.75 Å². The van der Waals surface area contributed by atoms with Gasteiger partial charge in [-0.1, -0.05) is 12.1 Å². The highest BCUT2D eigenvalue weighted by molar-refractivity contribution is 5.73. The van der Waals surface area contributed by atoms with E-state index in [-0.39, 0.29) is 6.03 Å². The molecule has 0 heterocycles. The maximum absolute atomic E-state index is 10.9. The van der Waals surface area contributed by atoms with Crippen LogP contribution in [0.15, 0.2) is 18.2 Å². The summed E-state index contributed by atoms with van der Waals surface area (Å²) in [6, 6.07) is 5.91. The number of nitrogens with one attached hydrogen (secondary N) is 2. The molecule has 88 valence electrons. The van der Waals surface area contributed by atoms with Gasteiger partial charge in [0.25, 0.3) is 0 Å². The van der Waals surface area contributed by atoms with Gasteiger partial charge in [-0.15, -0.1) is 0 Å². The summed E-state index contributed by atoms with van der Waals surface area (Å²) in [5, 5.41) is 5.25. The van der Waals surface area contributed by atoms with Crippen LogP contribution < -0.4 is 15.4 Å². The Hall–Kier alpha value is -1.71. The summed E-state index contributed by atoms with van der Waals surface area (Å²) < 4.78 is 5.23. The van der Waals surface area contributed by atoms with Crippen molar-refractivity contribution in [2.45, 2.75) is 13.3 Å². The van der Waals surface area contributed by atoms with E-state index >= 15 is 0 Å². The van der Waals surface area contributed by atoms with Gasteiger partial charge in [-0.3, -0.25) is 0 Å². The number of benzene rings is 1. The first-order chi connectivity index (χ1) is 7.67. The molecule has 0 spiro atoms. The minimum absolute atomic E-state index is 0.154. The van der Waals surface area contributed by atoms with Gasteiger partial charge in [0.05, 0.1) is 7.11 Å². The van der Waals surface area contributed by atoms with E-state index < -0.39 is 0 Å². The molecule has 0 bridgehead atoms. The molecule has 0 unspecified atom stereocenters. The molecule has 2 amide bonds. The number of ether oxygens (including phenoxy) is 1. The first kappa shape index (κ1) is 12.4. The number of amides is 2. The van der Waals surface area contributed by atoms with Gasteiger partial charge >= 0.3 is 6.03 Å². The van der Waals surface area contributed by atoms with Crippen molar-refractivity contribution in [3.63, 3.8) is 0 Å². The Morgan fingerprint density at radius 2 is 2.19 bits per heavy atom. The van der Waals surface area contributed by atoms with Crippen LogP contribution in [0, 0.1) is 6.92 Å². The molecule has 2 N–H and O–H groups in total. The van der Waals surface area contributed by atoms with E-state index in [1.165, 1.54) is 0 Å². The van der Waals surface area contributed by atoms with Gasteiger partial charge in [0.2, 0.25) is 0 Å². The third-order valence-corrected chi connectivity index (χ3v) is 2.40. The van der Waals surface area contributed by atoms with Crippen LogP contribution >= 0.6 is 0 Å². The van der Waals surface area contributed by atoms with Crippen molar-refractivity contribution in [1.82, 2.24) is 10.6 Å². The number of carbonyl (C=O) groups is 1. The second-order valence-electron chi connectivity index (χ2n) is 3.56. The average molecular weight is 222 g/mol. The zero-order valence-electron chi connectivity index (χ0n) is 9.96. The Morgan fingerprint density at radius 3 is 2.81 bits per heavy atom. The van der Waals surface area contributed by atoms with E-state index in [1.807, 2.05) is 25.1 Å². The molecule has 4 nitrogen and oxygen atoms in total. The lowest BCUT2D eigenvalue weighted by molar-refractivity contribution is 0.243. The lowest BCUT2D eigenvalue weighted by Gasteiger charge is -2.08. The van der Waals surface area contributed by atoms with Gasteiger partial charge in [-0.2, -0.15) is 0 Å². The number of rotatable bonds is 4. The monoisotopic (exact) mass is 222 g/mol. The third kappa shape index (κ3) is 3.46. The minimum atomic E-state index is -0.154. The highest BCUT2D eigenvalue weighted by Crippen LogP contribution is 2.18. The fraction of sp³-hybridized carbons (Fsp3) is 0.417. The quantitative estimate of drug-likeness (QED) is 0.810. The van der Waals surface area contributed by atoms with Crippen LogP contribution in [-0.4, -0.2) is 26.7 Å². The lowest BCUT2D eigenvalue weighted by Crippen LogP contribution is -2.33. The maximum Gasteiger partial charge on any atom is 0.314 e. The van der Waals surface area contributed by atoms with Gasteiger partial charge in [-0.25, -0.2) is 4.79 Å². The molecule has 1 rings (SSSR count). The predicted molar refractivity (Wildman–Crippen MR) is 63.9 cm³/mol. The van der Waals surface area contributed by atoms with E-state index in [1.54, 1.807) is 14.2 Å². The number of carbonyl (C=O) groups excluding carboxylic acids is 1. The van der Waals surface area contributed by atoms with Crippen LogP contribution in [0.25, 0.3) is 0 Å². The fourth-order valence-corrected chi connectivity index (χ4v) is 1.43. The van der Waals surface area contributed by atoms with Crippen molar-refractivity contribution in [2.24, 2.45) is 0 Å². The molecule has 0 saturated heterocycles. The largest absolute Gasteiger partial charge is 0.496 e. The SMILES string of the molecule is CNC(=O)NCCc1ccc(C)c(OC)c1. The smallest absolute Gasteiger partial charge is 0.314 e. The van der Waals surface area contributed by atoms with Crippen molar-refractivity contribution >= 4 is 6.03 Å². The molecule has 0 aliphatic heterocycles. The van der Waals surface area contributed by atoms with Gasteiger partial charge in [0.1, 0.15) is 5.75 Å². The second-order valence-corrected chi connectivity index (χ2v) is 3.56. The minimum Gasteiger partial charge on any atom is -0.496 e. The molecule has 0 fully saturated rings. The van der Waals surface area contributed by atoms with Gasteiger partial charge in [-0.05, 0) is 30.5 Å². The first-order valence-corrected chi connectivity index (χ1v) is 5.26. The highest BCUT2D eigenvalue weighted by Gasteiger charge is 2.01. The summed E-state index contributed by atoms with van der Waals surface area (Å²) in [7, 11) is 3.26. The summed E-state index contributed by atoms with van der Waals surface area (Å²) in [6.45, 7) is 2.62. The van der Waals surface area contributed by atoms with Gasteiger partial charge in [0, 0.05) is 13.6 Å². The molecular weight excluding hydrogens is 204 g/mol. The summed E-state index contributed by atoms with van der Waals surface area (Å²) >= 11 is 0. The molecule has 16 heavy (non-hydrogen) atoms. The van der Waals surface area contributed by atoms with E-state index in [4.69, 9.17) is 4.74 Å². The topological polar surface area (TPSA) is 50.4 Å². The molecule has 0 radical (unpaired) electrons. The number of aryl methyl sites for hydroxylation is 1. The van der Waals surface area contributed by atoms with Crippen LogP contribution in [-0.2, 0) is 6.42 Å². The Morgan fingerprint density at radius 1 is 1.44 bits per heavy atom. The molecule has 0 aliphatic rings. The van der Waals surface area contributed by atoms with Crippen LogP contribution in [0.1, 0.15) is 11.1 Å². The van der Waals surface area contributed by atoms with Crippen molar-refractivity contribution in [1.29, 1.82) is 0 Å². The van der Waals surface area contributed by atoms with Crippen molar-refractivity contribution in [3.05, 3.63) is 29.3 Å². The van der Waals surface area contributed by atoms with Crippen LogP contribution in [0.4, 0.5) is 4.79 Å². The zero-order chi connectivity index (χ0) is 12.0. The van der Waals surface area contributed by atoms with Crippen LogP contribution in [0.5, 0.6) is 5.75 Å². The van der Waals surface area contributed by atoms with E-state index in [2.05, 4.69) is 10.6 Å². The highest BCUT2D eigenvalue weighted by atomic mass is 16.5. The first-order valence-electron chi connectivity index (χ1n) is 5.26. The standard InChI is InChI=1S/C12H18N2O2/c1-9-4-5-10(8-11(9)16-3)6-7-14-12(15)13-2/h4-5,8H,6-7H2,1-3H3,(H2,13,14,15). The molecule has 4 heteroatoms. The second kappa shape index (κ2) is 6.00. The summed E-state index contributed by atoms with van der Waals surface area (Å²) in [4.78, 5) is 10.9. The van der Waals surface area contributed by atoms with Crippen LogP contribution in [0.2, 0.25) is 0 Å². The summed E-state index contributed by atoms with van der Waals surface area (Å²) in [5.74, 6) is 0.887. The van der Waals surface area contributed by atoms with Crippen molar-refractivity contribution < 1.29 is 9.53 Å². The normalized spacial score (nSPS) is 9.69. The number of methoxy groups -OCH3 is 1. The molecule has 1 aromatic carbocycles. The molecule has 0 saturated carbocycles. The summed E-state index contributed by atoms with van der Waals surface area (Å²) in [5.41, 5.74) is 2.27. The number of hydrogen-bond donors (Lipinski definition) is 2. The van der Waals surface area contributed by atoms with E-state index in [9.17, 15) is 4.79 Å². The summed E-state index contributed by atoms with van der Waals surface area (Å²) in [6.07, 6.45) is 0.796. The Bertz CT molecular complexity index is 364. The van der Waals surface area contributed by atoms with Crippen molar-refractivity contribution in [2.75, 3.05) is 20.7 Å². The van der Waals surface area contributed by atoms with E-state index in [0.717, 1.165) is 23.3 Å². The molecule has 0 aromatic heterocycles. The zero-order valence-corrected chi connectivity index (χ0v) is 9.96. The van der Waals surface area contributed by atoms with Crippen LogP contribution in [0.3, 0.4) is 0 Å². The molecular formula is C12H18N2O2. The predicted octanol–water partition coefficient (Wildman–Crippen LogP) is 1.48. The number of hydrogen-bond acceptors (Lipinski definition) is 2. The fourth-order valence-electron chi connectivity index (χ4n) is 1.43.